The van der Waals surface area contributed by atoms with Crippen molar-refractivity contribution in [1.82, 2.24) is 0 Å². The van der Waals surface area contributed by atoms with Gasteiger partial charge in [0, 0.05) is 61.8 Å². The molecule has 0 unspecified atom stereocenters. The second kappa shape index (κ2) is 16.2. The minimum absolute atomic E-state index is 0. The average molecular weight is 533 g/mol. The zero-order valence-electron chi connectivity index (χ0n) is 3.30. The first-order chi connectivity index (χ1) is 1.73. The third kappa shape index (κ3) is 44.2. The topological polar surface area (TPSA) is 63.2 Å². The van der Waals surface area contributed by atoms with Crippen LogP contribution in [-0.2, 0) is 48.1 Å². The maximum Gasteiger partial charge on any atom is 2.00 e. The van der Waals surface area contributed by atoms with Gasteiger partial charge in [-0.1, -0.05) is 0 Å². The third-order valence-corrected chi connectivity index (χ3v) is 0. The first-order valence-electron chi connectivity index (χ1n) is 0.612. The van der Waals surface area contributed by atoms with E-state index in [2.05, 4.69) is 0 Å². The van der Waals surface area contributed by atoms with Gasteiger partial charge in [-0.25, -0.2) is 0 Å². The monoisotopic (exact) mass is 533 g/mol. The van der Waals surface area contributed by atoms with Gasteiger partial charge in [-0.3, -0.25) is 0 Å². The fourth-order valence-electron chi connectivity index (χ4n) is 0. The Morgan fingerprint density at radius 3 is 1.29 bits per heavy atom. The van der Waals surface area contributed by atoms with Crippen molar-refractivity contribution in [2.45, 2.75) is 0 Å². The second-order valence-electron chi connectivity index (χ2n) is 0.250. The number of rotatable bonds is 0. The van der Waals surface area contributed by atoms with Crippen molar-refractivity contribution in [3.05, 3.63) is 0 Å². The summed E-state index contributed by atoms with van der Waals surface area (Å²) in [6.07, 6.45) is 0. The van der Waals surface area contributed by atoms with Crippen LogP contribution in [0.2, 0.25) is 0 Å². The molecule has 0 aliphatic rings. The van der Waals surface area contributed by atoms with Crippen LogP contribution >= 0.6 is 0 Å². The molecule has 0 aliphatic carbocycles. The molecule has 0 N–H and O–H groups in total. The first-order valence-corrected chi connectivity index (χ1v) is 2.52. The molecule has 7 heavy (non-hydrogen) atoms. The number of hydrogen-bond donors (Lipinski definition) is 0. The first kappa shape index (κ1) is 22.4. The van der Waals surface area contributed by atoms with E-state index in [0.29, 0.717) is 0 Å². The van der Waals surface area contributed by atoms with Gasteiger partial charge in [0.2, 0.25) is 0 Å². The maximum atomic E-state index is 8.58. The minimum atomic E-state index is -4.08. The molecule has 0 fully saturated rings. The molecule has 3 radical (unpaired) electrons. The van der Waals surface area contributed by atoms with Crippen molar-refractivity contribution >= 4 is 27.3 Å². The molecular weight excluding hydrogens is 533 g/mol. The van der Waals surface area contributed by atoms with Crippen LogP contribution in [0.5, 0.6) is 0 Å². The molecule has 0 bridgehead atoms. The molecule has 0 atom stereocenters. The molecule has 7 heteroatoms. The molecule has 0 saturated heterocycles. The van der Waals surface area contributed by atoms with Gasteiger partial charge < -0.3 is 0 Å². The standard InChI is InChI=1S/La.3O.Pb.Ti.Zr/q;;2*-1;+2;;. The molecule has 0 rings (SSSR count). The zero-order chi connectivity index (χ0) is 3.58. The average Bonchev–Trinajstić information content (AvgIpc) is 0.811. The van der Waals surface area contributed by atoms with Gasteiger partial charge in [0.25, 0.3) is 0 Å². The molecule has 3 nitrogen and oxygen atoms in total. The minimum Gasteiger partial charge on any atom is 0 e. The van der Waals surface area contributed by atoms with E-state index in [0.717, 1.165) is 0 Å². The molecule has 0 saturated carbocycles. The Kier molecular flexibility index (Phi) is 52.0. The predicted octanol–water partition coefficient (Wildman–Crippen LogP) is -2.88. The molecule has 0 spiro atoms. The van der Waals surface area contributed by atoms with Gasteiger partial charge >= 0.3 is 56.6 Å². The van der Waals surface area contributed by atoms with Gasteiger partial charge in [-0.2, -0.15) is 0 Å². The van der Waals surface area contributed by atoms with Crippen LogP contribution in [0.25, 0.3) is 0 Å². The summed E-state index contributed by atoms with van der Waals surface area (Å²) in [6.45, 7) is 0. The summed E-state index contributed by atoms with van der Waals surface area (Å²) in [6, 6.07) is 0. The molecule has 0 amide bonds. The van der Waals surface area contributed by atoms with E-state index in [1.165, 1.54) is 0 Å². The Hall–Kier alpha value is 3.43. The van der Waals surface area contributed by atoms with Crippen molar-refractivity contribution in [3.8, 4) is 0 Å². The summed E-state index contributed by atoms with van der Waals surface area (Å²) in [4.78, 5) is 0. The van der Waals surface area contributed by atoms with E-state index in [-0.39, 0.29) is 89.1 Å². The Bertz CT molecular complexity index is 37.9. The van der Waals surface area contributed by atoms with Crippen LogP contribution < -0.4 is 7.38 Å². The Balaban J connectivity index is -0.0000000150. The summed E-state index contributed by atoms with van der Waals surface area (Å²) < 4.78 is 25.8. The van der Waals surface area contributed by atoms with Gasteiger partial charge in [0.05, 0.1) is 0 Å². The van der Waals surface area contributed by atoms with Crippen molar-refractivity contribution in [2.24, 2.45) is 0 Å². The summed E-state index contributed by atoms with van der Waals surface area (Å²) >= 11 is -4.08. The molecule has 0 heterocycles. The van der Waals surface area contributed by atoms with Crippen LogP contribution in [0.1, 0.15) is 0 Å². The predicted molar refractivity (Wildman–Crippen MR) is 6.44 cm³/mol. The van der Waals surface area contributed by atoms with Crippen LogP contribution in [0.15, 0.2) is 0 Å². The molecule has 33 valence electrons. The summed E-state index contributed by atoms with van der Waals surface area (Å²) in [5, 5.41) is 0. The van der Waals surface area contributed by atoms with Crippen molar-refractivity contribution in [2.75, 3.05) is 0 Å². The van der Waals surface area contributed by atoms with Crippen LogP contribution in [0.3, 0.4) is 0 Å². The maximum absolute atomic E-state index is 8.58. The fourth-order valence-corrected chi connectivity index (χ4v) is 0. The normalized spacial score (nSPS) is 3.71. The zero-order valence-corrected chi connectivity index (χ0v) is 14.8. The van der Waals surface area contributed by atoms with Crippen molar-refractivity contribution in [3.63, 3.8) is 0 Å². The van der Waals surface area contributed by atoms with Gasteiger partial charge in [-0.15, -0.1) is 0 Å². The largest absolute Gasteiger partial charge is 2.00 e. The van der Waals surface area contributed by atoms with E-state index in [1.807, 2.05) is 0 Å². The van der Waals surface area contributed by atoms with Crippen LogP contribution in [0.4, 0.5) is 0 Å². The van der Waals surface area contributed by atoms with Gasteiger partial charge in [0.15, 0.2) is 0 Å². The van der Waals surface area contributed by atoms with Crippen LogP contribution in [-0.4, -0.2) is 27.3 Å². The van der Waals surface area contributed by atoms with E-state index in [1.54, 1.807) is 0 Å². The Labute approximate surface area is 116 Å². The third-order valence-electron chi connectivity index (χ3n) is 0. The summed E-state index contributed by atoms with van der Waals surface area (Å²) in [5.41, 5.74) is 0. The van der Waals surface area contributed by atoms with Gasteiger partial charge in [0.1, 0.15) is 0 Å². The summed E-state index contributed by atoms with van der Waals surface area (Å²) in [7, 11) is 0. The van der Waals surface area contributed by atoms with Gasteiger partial charge in [-0.05, 0) is 0 Å². The SMILES string of the molecule is [La].[O]=[Ti]([O-])[O-].[Pb+2].[Zr]. The summed E-state index contributed by atoms with van der Waals surface area (Å²) in [5.74, 6) is 0. The molecular formula is LaO3PbTiZr. The van der Waals surface area contributed by atoms with E-state index in [9.17, 15) is 0 Å². The van der Waals surface area contributed by atoms with Crippen LogP contribution in [0, 0.1) is 35.6 Å². The quantitative estimate of drug-likeness (QED) is 0.315. The Morgan fingerprint density at radius 2 is 1.29 bits per heavy atom. The Morgan fingerprint density at radius 1 is 1.29 bits per heavy atom. The molecule has 0 aromatic heterocycles. The van der Waals surface area contributed by atoms with E-state index < -0.39 is 18.6 Å². The second-order valence-corrected chi connectivity index (χ2v) is 1.03. The number of hydrogen-bond acceptors (Lipinski definition) is 3. The van der Waals surface area contributed by atoms with E-state index in [4.69, 9.17) is 10.7 Å². The van der Waals surface area contributed by atoms with Crippen molar-refractivity contribution in [1.29, 1.82) is 0 Å². The smallest absolute Gasteiger partial charge is 0 e. The van der Waals surface area contributed by atoms with E-state index >= 15 is 0 Å². The molecule has 0 aliphatic heterocycles. The van der Waals surface area contributed by atoms with Crippen molar-refractivity contribution < 1.29 is 91.1 Å². The fraction of sp³-hybridized carbons (Fsp3) is 0. The molecule has 0 aromatic rings. The molecule has 0 aromatic carbocycles.